The van der Waals surface area contributed by atoms with E-state index in [9.17, 15) is 18.0 Å². The molecule has 0 unspecified atom stereocenters. The first kappa shape index (κ1) is 17.6. The van der Waals surface area contributed by atoms with Gasteiger partial charge in [-0.25, -0.2) is 18.0 Å². The zero-order valence-electron chi connectivity index (χ0n) is 12.5. The molecule has 0 aliphatic carbocycles. The number of ether oxygens (including phenoxy) is 1. The molecule has 0 atom stereocenters. The fourth-order valence-corrected chi connectivity index (χ4v) is 1.94. The van der Waals surface area contributed by atoms with Gasteiger partial charge in [0.2, 0.25) is 0 Å². The molecule has 3 N–H and O–H groups in total. The average molecular weight is 340 g/mol. The maximum atomic E-state index is 13.5. The SMILES string of the molecule is O=C(NCc1ccccc1OCCO)Nc1c(F)cc(F)cc1F. The zero-order chi connectivity index (χ0) is 17.5. The molecule has 24 heavy (non-hydrogen) atoms. The van der Waals surface area contributed by atoms with E-state index in [1.807, 2.05) is 5.32 Å². The number of anilines is 1. The van der Waals surface area contributed by atoms with Crippen molar-refractivity contribution in [2.45, 2.75) is 6.54 Å². The highest BCUT2D eigenvalue weighted by Gasteiger charge is 2.14. The second-order valence-corrected chi connectivity index (χ2v) is 4.73. The first-order valence-corrected chi connectivity index (χ1v) is 7.02. The largest absolute Gasteiger partial charge is 0.491 e. The van der Waals surface area contributed by atoms with Gasteiger partial charge in [0, 0.05) is 24.2 Å². The third kappa shape index (κ3) is 4.63. The number of para-hydroxylation sites is 1. The number of aliphatic hydroxyl groups is 1. The number of rotatable bonds is 6. The van der Waals surface area contributed by atoms with Crippen molar-refractivity contribution >= 4 is 11.7 Å². The first-order chi connectivity index (χ1) is 11.5. The predicted molar refractivity (Wildman–Crippen MR) is 81.2 cm³/mol. The van der Waals surface area contributed by atoms with Crippen LogP contribution >= 0.6 is 0 Å². The number of carbonyl (C=O) groups excluding carboxylic acids is 1. The van der Waals surface area contributed by atoms with Crippen LogP contribution in [0.5, 0.6) is 5.75 Å². The first-order valence-electron chi connectivity index (χ1n) is 7.02. The summed E-state index contributed by atoms with van der Waals surface area (Å²) in [5, 5.41) is 13.2. The van der Waals surface area contributed by atoms with Gasteiger partial charge in [0.1, 0.15) is 23.9 Å². The number of aliphatic hydroxyl groups excluding tert-OH is 1. The van der Waals surface area contributed by atoms with Gasteiger partial charge in [-0.15, -0.1) is 0 Å². The molecule has 2 aromatic rings. The van der Waals surface area contributed by atoms with E-state index in [1.165, 1.54) is 0 Å². The number of benzene rings is 2. The van der Waals surface area contributed by atoms with Crippen molar-refractivity contribution in [3.05, 3.63) is 59.4 Å². The van der Waals surface area contributed by atoms with E-state index in [0.717, 1.165) is 0 Å². The van der Waals surface area contributed by atoms with Crippen molar-refractivity contribution < 1.29 is 27.8 Å². The van der Waals surface area contributed by atoms with Crippen molar-refractivity contribution in [3.63, 3.8) is 0 Å². The summed E-state index contributed by atoms with van der Waals surface area (Å²) in [5.41, 5.74) is -0.125. The number of carbonyl (C=O) groups is 1. The van der Waals surface area contributed by atoms with Gasteiger partial charge in [0.15, 0.2) is 11.6 Å². The molecule has 5 nitrogen and oxygen atoms in total. The van der Waals surface area contributed by atoms with Crippen LogP contribution in [0, 0.1) is 17.5 Å². The molecule has 8 heteroatoms. The summed E-state index contributed by atoms with van der Waals surface area (Å²) in [6.45, 7) is -0.0432. The Labute approximate surface area is 136 Å². The molecule has 0 aromatic heterocycles. The number of hydrogen-bond acceptors (Lipinski definition) is 3. The summed E-state index contributed by atoms with van der Waals surface area (Å²) >= 11 is 0. The molecule has 0 fully saturated rings. The van der Waals surface area contributed by atoms with Gasteiger partial charge in [-0.1, -0.05) is 18.2 Å². The topological polar surface area (TPSA) is 70.6 Å². The van der Waals surface area contributed by atoms with E-state index in [1.54, 1.807) is 24.3 Å². The van der Waals surface area contributed by atoms with Crippen LogP contribution in [0.3, 0.4) is 0 Å². The monoisotopic (exact) mass is 340 g/mol. The third-order valence-electron chi connectivity index (χ3n) is 3.01. The van der Waals surface area contributed by atoms with Gasteiger partial charge in [0.25, 0.3) is 0 Å². The van der Waals surface area contributed by atoms with Gasteiger partial charge in [-0.05, 0) is 6.07 Å². The molecule has 2 aromatic carbocycles. The van der Waals surface area contributed by atoms with Crippen LogP contribution in [-0.4, -0.2) is 24.4 Å². The molecule has 0 saturated heterocycles. The van der Waals surface area contributed by atoms with Crippen LogP contribution in [0.4, 0.5) is 23.7 Å². The minimum Gasteiger partial charge on any atom is -0.491 e. The molecule has 2 amide bonds. The van der Waals surface area contributed by atoms with Gasteiger partial charge >= 0.3 is 6.03 Å². The molecule has 0 aliphatic heterocycles. The molecule has 0 bridgehead atoms. The van der Waals surface area contributed by atoms with Crippen LogP contribution < -0.4 is 15.4 Å². The van der Waals surface area contributed by atoms with Gasteiger partial charge in [0.05, 0.1) is 6.61 Å². The van der Waals surface area contributed by atoms with Gasteiger partial charge < -0.3 is 20.5 Å². The Balaban J connectivity index is 1.99. The maximum absolute atomic E-state index is 13.5. The highest BCUT2D eigenvalue weighted by molar-refractivity contribution is 5.89. The Morgan fingerprint density at radius 2 is 1.79 bits per heavy atom. The predicted octanol–water partition coefficient (Wildman–Crippen LogP) is 2.80. The summed E-state index contributed by atoms with van der Waals surface area (Å²) in [5.74, 6) is -3.04. The molecule has 0 saturated carbocycles. The number of amides is 2. The Morgan fingerprint density at radius 3 is 2.46 bits per heavy atom. The number of halogens is 3. The Hall–Kier alpha value is -2.74. The summed E-state index contributed by atoms with van der Waals surface area (Å²) in [4.78, 5) is 11.8. The van der Waals surface area contributed by atoms with Crippen molar-refractivity contribution in [2.24, 2.45) is 0 Å². The Bertz CT molecular complexity index is 702. The van der Waals surface area contributed by atoms with E-state index in [0.29, 0.717) is 23.4 Å². The number of nitrogens with one attached hydrogen (secondary N) is 2. The fraction of sp³-hybridized carbons (Fsp3) is 0.188. The molecule has 0 spiro atoms. The van der Waals surface area contributed by atoms with Crippen molar-refractivity contribution in [1.82, 2.24) is 5.32 Å². The minimum atomic E-state index is -1.21. The van der Waals surface area contributed by atoms with E-state index in [4.69, 9.17) is 9.84 Å². The van der Waals surface area contributed by atoms with E-state index in [2.05, 4.69) is 5.32 Å². The van der Waals surface area contributed by atoms with E-state index in [-0.39, 0.29) is 19.8 Å². The fourth-order valence-electron chi connectivity index (χ4n) is 1.94. The minimum absolute atomic E-state index is 0.0257. The number of urea groups is 1. The number of hydrogen-bond donors (Lipinski definition) is 3. The molecule has 2 rings (SSSR count). The zero-order valence-corrected chi connectivity index (χ0v) is 12.5. The molecule has 0 radical (unpaired) electrons. The Morgan fingerprint density at radius 1 is 1.12 bits per heavy atom. The van der Waals surface area contributed by atoms with Gasteiger partial charge in [-0.2, -0.15) is 0 Å². The smallest absolute Gasteiger partial charge is 0.319 e. The maximum Gasteiger partial charge on any atom is 0.319 e. The standard InChI is InChI=1S/C16H15F3N2O3/c17-11-7-12(18)15(13(19)8-11)21-16(23)20-9-10-3-1-2-4-14(10)24-6-5-22/h1-4,7-8,22H,5-6,9H2,(H2,20,21,23). The lowest BCUT2D eigenvalue weighted by Crippen LogP contribution is -2.29. The van der Waals surface area contributed by atoms with Crippen LogP contribution in [0.25, 0.3) is 0 Å². The summed E-state index contributed by atoms with van der Waals surface area (Å²) in [7, 11) is 0. The lowest BCUT2D eigenvalue weighted by atomic mass is 10.2. The van der Waals surface area contributed by atoms with Crippen molar-refractivity contribution in [3.8, 4) is 5.75 Å². The van der Waals surface area contributed by atoms with Crippen LogP contribution in [0.15, 0.2) is 36.4 Å². The normalized spacial score (nSPS) is 10.3. The lowest BCUT2D eigenvalue weighted by Gasteiger charge is -2.12. The lowest BCUT2D eigenvalue weighted by molar-refractivity contribution is 0.200. The van der Waals surface area contributed by atoms with Gasteiger partial charge in [-0.3, -0.25) is 0 Å². The average Bonchev–Trinajstić information content (AvgIpc) is 2.55. The molecule has 0 aliphatic rings. The Kier molecular flexibility index (Phi) is 6.02. The van der Waals surface area contributed by atoms with Crippen molar-refractivity contribution in [2.75, 3.05) is 18.5 Å². The second-order valence-electron chi connectivity index (χ2n) is 4.73. The highest BCUT2D eigenvalue weighted by Crippen LogP contribution is 2.20. The van der Waals surface area contributed by atoms with Crippen molar-refractivity contribution in [1.29, 1.82) is 0 Å². The van der Waals surface area contributed by atoms with Crippen LogP contribution in [0.2, 0.25) is 0 Å². The van der Waals surface area contributed by atoms with Crippen LogP contribution in [-0.2, 0) is 6.54 Å². The molecular weight excluding hydrogens is 325 g/mol. The summed E-state index contributed by atoms with van der Waals surface area (Å²) in [6.07, 6.45) is 0. The van der Waals surface area contributed by atoms with E-state index < -0.39 is 29.2 Å². The second kappa shape index (κ2) is 8.21. The molecule has 128 valence electrons. The quantitative estimate of drug-likeness (QED) is 0.757. The van der Waals surface area contributed by atoms with E-state index >= 15 is 0 Å². The van der Waals surface area contributed by atoms with Crippen LogP contribution in [0.1, 0.15) is 5.56 Å². The third-order valence-corrected chi connectivity index (χ3v) is 3.01. The molecular formula is C16H15F3N2O3. The summed E-state index contributed by atoms with van der Waals surface area (Å²) < 4.78 is 45.1. The highest BCUT2D eigenvalue weighted by atomic mass is 19.1. The molecule has 0 heterocycles. The summed E-state index contributed by atoms with van der Waals surface area (Å²) in [6, 6.07) is 6.86.